The van der Waals surface area contributed by atoms with Crippen LogP contribution in [0.1, 0.15) is 15.9 Å². The highest BCUT2D eigenvalue weighted by Crippen LogP contribution is 2.34. The highest BCUT2D eigenvalue weighted by Gasteiger charge is 2.20. The molecule has 4 rings (SSSR count). The Hall–Kier alpha value is -4.33. The lowest BCUT2D eigenvalue weighted by atomic mass is 10.0. The molecule has 0 bridgehead atoms. The van der Waals surface area contributed by atoms with Gasteiger partial charge >= 0.3 is 5.69 Å². The minimum Gasteiger partial charge on any atom is -0.450 e. The van der Waals surface area contributed by atoms with Crippen LogP contribution in [0, 0.1) is 10.1 Å². The summed E-state index contributed by atoms with van der Waals surface area (Å²) in [5.41, 5.74) is 0.950. The van der Waals surface area contributed by atoms with E-state index in [1.54, 1.807) is 54.6 Å². The predicted octanol–water partition coefficient (Wildman–Crippen LogP) is 4.67. The summed E-state index contributed by atoms with van der Waals surface area (Å²) in [5, 5.41) is 19.0. The van der Waals surface area contributed by atoms with Crippen LogP contribution in [0.5, 0.6) is 11.5 Å². The quantitative estimate of drug-likeness (QED) is 0.269. The van der Waals surface area contributed by atoms with Crippen LogP contribution in [-0.2, 0) is 0 Å². The lowest BCUT2D eigenvalue weighted by Crippen LogP contribution is -2.03. The fourth-order valence-corrected chi connectivity index (χ4v) is 2.76. The number of carbonyl (C=O) groups is 1. The number of ether oxygens (including phenoxy) is 1. The van der Waals surface area contributed by atoms with E-state index in [1.807, 2.05) is 0 Å². The number of nitro groups is 1. The maximum Gasteiger partial charge on any atom is 0.312 e. The summed E-state index contributed by atoms with van der Waals surface area (Å²) in [4.78, 5) is 23.6. The van der Waals surface area contributed by atoms with Gasteiger partial charge in [0.1, 0.15) is 5.75 Å². The van der Waals surface area contributed by atoms with Crippen LogP contribution in [0.25, 0.3) is 11.5 Å². The lowest BCUT2D eigenvalue weighted by Gasteiger charge is -2.08. The molecule has 0 aliphatic rings. The van der Waals surface area contributed by atoms with Crippen LogP contribution in [-0.4, -0.2) is 20.9 Å². The third-order valence-electron chi connectivity index (χ3n) is 4.12. The van der Waals surface area contributed by atoms with Gasteiger partial charge in [-0.3, -0.25) is 14.9 Å². The molecule has 142 valence electrons. The second-order valence-electron chi connectivity index (χ2n) is 6.01. The largest absolute Gasteiger partial charge is 0.450 e. The highest BCUT2D eigenvalue weighted by atomic mass is 16.6. The van der Waals surface area contributed by atoms with E-state index in [2.05, 4.69) is 10.2 Å². The first kappa shape index (κ1) is 18.1. The minimum absolute atomic E-state index is 0.0160. The number of benzene rings is 3. The van der Waals surface area contributed by atoms with Crippen LogP contribution in [0.3, 0.4) is 0 Å². The zero-order valence-electron chi connectivity index (χ0n) is 14.9. The summed E-state index contributed by atoms with van der Waals surface area (Å²) >= 11 is 0. The van der Waals surface area contributed by atoms with Gasteiger partial charge < -0.3 is 9.15 Å². The second kappa shape index (κ2) is 7.73. The molecule has 1 heterocycles. The first-order valence-electron chi connectivity index (χ1n) is 8.54. The standard InChI is InChI=1S/C21H13N3O5/c25-20(14-5-2-1-3-6-14)15-9-10-19(18(12-15)24(26)27)29-17-8-4-7-16(11-17)21-23-22-13-28-21/h1-13H. The Morgan fingerprint density at radius 2 is 1.79 bits per heavy atom. The van der Waals surface area contributed by atoms with Crippen molar-refractivity contribution in [1.82, 2.24) is 10.2 Å². The van der Waals surface area contributed by atoms with E-state index in [0.717, 1.165) is 0 Å². The Kier molecular flexibility index (Phi) is 4.81. The minimum atomic E-state index is -0.584. The molecule has 0 N–H and O–H groups in total. The Bertz CT molecular complexity index is 1170. The summed E-state index contributed by atoms with van der Waals surface area (Å²) in [6.07, 6.45) is 1.20. The van der Waals surface area contributed by atoms with Crippen molar-refractivity contribution < 1.29 is 18.9 Å². The van der Waals surface area contributed by atoms with Gasteiger partial charge in [-0.1, -0.05) is 36.4 Å². The molecule has 3 aromatic carbocycles. The second-order valence-corrected chi connectivity index (χ2v) is 6.01. The molecule has 8 heteroatoms. The number of carbonyl (C=O) groups excluding carboxylic acids is 1. The normalized spacial score (nSPS) is 10.5. The highest BCUT2D eigenvalue weighted by molar-refractivity contribution is 6.09. The lowest BCUT2D eigenvalue weighted by molar-refractivity contribution is -0.385. The maximum atomic E-state index is 12.6. The van der Waals surface area contributed by atoms with Crippen molar-refractivity contribution in [2.75, 3.05) is 0 Å². The smallest absolute Gasteiger partial charge is 0.312 e. The number of ketones is 1. The van der Waals surface area contributed by atoms with Gasteiger partial charge in [0.2, 0.25) is 18.0 Å². The summed E-state index contributed by atoms with van der Waals surface area (Å²) in [7, 11) is 0. The molecule has 4 aromatic rings. The van der Waals surface area contributed by atoms with Gasteiger partial charge in [-0.2, -0.15) is 0 Å². The van der Waals surface area contributed by atoms with Crippen molar-refractivity contribution in [3.63, 3.8) is 0 Å². The number of nitrogens with zero attached hydrogens (tertiary/aromatic N) is 3. The first-order chi connectivity index (χ1) is 14.1. The monoisotopic (exact) mass is 387 g/mol. The van der Waals surface area contributed by atoms with E-state index in [-0.39, 0.29) is 22.8 Å². The van der Waals surface area contributed by atoms with E-state index in [9.17, 15) is 14.9 Å². The van der Waals surface area contributed by atoms with Gasteiger partial charge in [0.25, 0.3) is 0 Å². The molecule has 8 nitrogen and oxygen atoms in total. The van der Waals surface area contributed by atoms with E-state index in [0.29, 0.717) is 22.8 Å². The molecule has 0 aliphatic carbocycles. The molecule has 0 spiro atoms. The number of rotatable bonds is 6. The molecule has 29 heavy (non-hydrogen) atoms. The molecule has 1 aromatic heterocycles. The fourth-order valence-electron chi connectivity index (χ4n) is 2.76. The number of nitro benzene ring substituents is 1. The van der Waals surface area contributed by atoms with Gasteiger partial charge in [0, 0.05) is 22.8 Å². The third kappa shape index (κ3) is 3.86. The van der Waals surface area contributed by atoms with Crippen LogP contribution in [0.2, 0.25) is 0 Å². The molecule has 0 unspecified atom stereocenters. The Morgan fingerprint density at radius 1 is 0.966 bits per heavy atom. The zero-order valence-corrected chi connectivity index (χ0v) is 14.9. The van der Waals surface area contributed by atoms with Crippen LogP contribution in [0.4, 0.5) is 5.69 Å². The van der Waals surface area contributed by atoms with Crippen LogP contribution < -0.4 is 4.74 Å². The zero-order chi connectivity index (χ0) is 20.2. The summed E-state index contributed by atoms with van der Waals surface area (Å²) in [5.74, 6) is 0.362. The molecule has 0 radical (unpaired) electrons. The molecule has 0 saturated heterocycles. The van der Waals surface area contributed by atoms with Gasteiger partial charge in [-0.15, -0.1) is 10.2 Å². The Balaban J connectivity index is 1.65. The fraction of sp³-hybridized carbons (Fsp3) is 0. The Morgan fingerprint density at radius 3 is 2.52 bits per heavy atom. The number of hydrogen-bond acceptors (Lipinski definition) is 7. The van der Waals surface area contributed by atoms with Gasteiger partial charge in [0.15, 0.2) is 5.78 Å². The average Bonchev–Trinajstić information content (AvgIpc) is 3.29. The predicted molar refractivity (Wildman–Crippen MR) is 103 cm³/mol. The molecular weight excluding hydrogens is 374 g/mol. The van der Waals surface area contributed by atoms with Crippen molar-refractivity contribution in [3.8, 4) is 23.0 Å². The molecule has 0 atom stereocenters. The van der Waals surface area contributed by atoms with E-state index >= 15 is 0 Å². The topological polar surface area (TPSA) is 108 Å². The molecule has 0 saturated carbocycles. The molecule has 0 aliphatic heterocycles. The Labute approximate surface area is 164 Å². The van der Waals surface area contributed by atoms with Crippen LogP contribution in [0.15, 0.2) is 83.6 Å². The summed E-state index contributed by atoms with van der Waals surface area (Å²) < 4.78 is 10.9. The maximum absolute atomic E-state index is 12.6. The van der Waals surface area contributed by atoms with Crippen LogP contribution >= 0.6 is 0 Å². The van der Waals surface area contributed by atoms with E-state index in [4.69, 9.17) is 9.15 Å². The SMILES string of the molecule is O=C(c1ccccc1)c1ccc(Oc2cccc(-c3nnco3)c2)c([N+](=O)[O-])c1. The van der Waals surface area contributed by atoms with Crippen molar-refractivity contribution in [3.05, 3.63) is 100 Å². The van der Waals surface area contributed by atoms with E-state index < -0.39 is 4.92 Å². The van der Waals surface area contributed by atoms with E-state index in [1.165, 1.54) is 24.6 Å². The summed E-state index contributed by atoms with van der Waals surface area (Å²) in [6.45, 7) is 0. The average molecular weight is 387 g/mol. The third-order valence-corrected chi connectivity index (χ3v) is 4.12. The van der Waals surface area contributed by atoms with Crippen molar-refractivity contribution in [1.29, 1.82) is 0 Å². The van der Waals surface area contributed by atoms with Crippen molar-refractivity contribution in [2.45, 2.75) is 0 Å². The van der Waals surface area contributed by atoms with Gasteiger partial charge in [-0.05, 0) is 30.3 Å². The van der Waals surface area contributed by atoms with Crippen molar-refractivity contribution >= 4 is 11.5 Å². The van der Waals surface area contributed by atoms with Crippen molar-refractivity contribution in [2.24, 2.45) is 0 Å². The first-order valence-corrected chi connectivity index (χ1v) is 8.54. The molecule has 0 amide bonds. The summed E-state index contributed by atoms with van der Waals surface area (Å²) in [6, 6.07) is 19.4. The molecular formula is C21H13N3O5. The van der Waals surface area contributed by atoms with Gasteiger partial charge in [0.05, 0.1) is 4.92 Å². The number of aromatic nitrogens is 2. The number of hydrogen-bond donors (Lipinski definition) is 0. The van der Waals surface area contributed by atoms with Gasteiger partial charge in [-0.25, -0.2) is 0 Å². The molecule has 0 fully saturated rings.